The molecule has 1 fully saturated rings. The van der Waals surface area contributed by atoms with E-state index >= 15 is 0 Å². The molecule has 0 unspecified atom stereocenters. The third-order valence-electron chi connectivity index (χ3n) is 3.26. The predicted molar refractivity (Wildman–Crippen MR) is 69.6 cm³/mol. The molecule has 6 nitrogen and oxygen atoms in total. The lowest BCUT2D eigenvalue weighted by Crippen LogP contribution is -2.37. The number of hydrogen-bond acceptors (Lipinski definition) is 5. The molecule has 1 aliphatic rings. The predicted octanol–water partition coefficient (Wildman–Crippen LogP) is 0.286. The van der Waals surface area contributed by atoms with Gasteiger partial charge in [-0.1, -0.05) is 0 Å². The molecule has 0 spiro atoms. The van der Waals surface area contributed by atoms with E-state index in [1.807, 2.05) is 6.07 Å². The van der Waals surface area contributed by atoms with Gasteiger partial charge in [0, 0.05) is 12.6 Å². The van der Waals surface area contributed by atoms with E-state index in [9.17, 15) is 13.5 Å². The van der Waals surface area contributed by atoms with E-state index in [1.54, 1.807) is 0 Å². The van der Waals surface area contributed by atoms with E-state index < -0.39 is 10.0 Å². The fourth-order valence-corrected chi connectivity index (χ4v) is 4.07. The van der Waals surface area contributed by atoms with Gasteiger partial charge in [0.2, 0.25) is 10.0 Å². The van der Waals surface area contributed by atoms with Gasteiger partial charge >= 0.3 is 0 Å². The smallest absolute Gasteiger partial charge is 0.245 e. The zero-order chi connectivity index (χ0) is 14.0. The van der Waals surface area contributed by atoms with Gasteiger partial charge in [0.1, 0.15) is 4.90 Å². The first-order valence-corrected chi connectivity index (χ1v) is 7.37. The van der Waals surface area contributed by atoms with Crippen LogP contribution in [0.3, 0.4) is 0 Å². The lowest BCUT2D eigenvalue weighted by atomic mass is 10.2. The Morgan fingerprint density at radius 2 is 2.26 bits per heavy atom. The molecule has 1 aromatic carbocycles. The Morgan fingerprint density at radius 1 is 1.53 bits per heavy atom. The van der Waals surface area contributed by atoms with Gasteiger partial charge in [0.05, 0.1) is 23.9 Å². The first-order valence-electron chi connectivity index (χ1n) is 5.93. The van der Waals surface area contributed by atoms with Crippen molar-refractivity contribution in [2.45, 2.75) is 23.8 Å². The molecule has 19 heavy (non-hydrogen) atoms. The molecule has 1 aliphatic heterocycles. The van der Waals surface area contributed by atoms with E-state index in [-0.39, 0.29) is 23.2 Å². The second-order valence-electron chi connectivity index (χ2n) is 4.46. The zero-order valence-electron chi connectivity index (χ0n) is 10.3. The molecule has 1 aromatic rings. The van der Waals surface area contributed by atoms with Crippen molar-refractivity contribution in [3.63, 3.8) is 0 Å². The van der Waals surface area contributed by atoms with Crippen LogP contribution in [0.4, 0.5) is 5.69 Å². The Bertz CT molecular complexity index is 622. The summed E-state index contributed by atoms with van der Waals surface area (Å²) in [4.78, 5) is -0.00755. The van der Waals surface area contributed by atoms with Gasteiger partial charge in [0.15, 0.2) is 0 Å². The maximum atomic E-state index is 12.5. The van der Waals surface area contributed by atoms with Crippen LogP contribution in [0.15, 0.2) is 23.1 Å². The van der Waals surface area contributed by atoms with Crippen LogP contribution in [-0.4, -0.2) is 37.0 Å². The highest BCUT2D eigenvalue weighted by molar-refractivity contribution is 7.89. The van der Waals surface area contributed by atoms with E-state index in [4.69, 9.17) is 11.0 Å². The summed E-state index contributed by atoms with van der Waals surface area (Å²) >= 11 is 0. The molecule has 2 rings (SSSR count). The van der Waals surface area contributed by atoms with Crippen molar-refractivity contribution >= 4 is 15.7 Å². The van der Waals surface area contributed by atoms with Gasteiger partial charge in [-0.25, -0.2) is 8.42 Å². The molecule has 0 aliphatic carbocycles. The van der Waals surface area contributed by atoms with Gasteiger partial charge < -0.3 is 10.8 Å². The van der Waals surface area contributed by atoms with Crippen molar-refractivity contribution in [1.29, 1.82) is 5.26 Å². The largest absolute Gasteiger partial charge is 0.398 e. The average Bonchev–Trinajstić information content (AvgIpc) is 2.87. The summed E-state index contributed by atoms with van der Waals surface area (Å²) in [6.07, 6.45) is 1.37. The third-order valence-corrected chi connectivity index (χ3v) is 5.29. The highest BCUT2D eigenvalue weighted by Gasteiger charge is 2.35. The molecule has 0 saturated carbocycles. The Balaban J connectivity index is 2.43. The number of benzene rings is 1. The van der Waals surface area contributed by atoms with Gasteiger partial charge in [-0.15, -0.1) is 0 Å². The van der Waals surface area contributed by atoms with Crippen LogP contribution in [0.2, 0.25) is 0 Å². The summed E-state index contributed by atoms with van der Waals surface area (Å²) in [7, 11) is -3.72. The van der Waals surface area contributed by atoms with Crippen molar-refractivity contribution in [2.75, 3.05) is 18.9 Å². The molecule has 0 aromatic heterocycles. The maximum Gasteiger partial charge on any atom is 0.245 e. The summed E-state index contributed by atoms with van der Waals surface area (Å²) in [6.45, 7) is 0.183. The minimum atomic E-state index is -3.72. The van der Waals surface area contributed by atoms with Crippen LogP contribution in [0.5, 0.6) is 0 Å². The standard InChI is InChI=1S/C12H15N3O3S/c13-7-9-3-4-12(11(14)6-9)19(17,18)15-5-1-2-10(15)8-16/h3-4,6,10,16H,1-2,5,8,14H2/t10-/m1/s1. The number of anilines is 1. The summed E-state index contributed by atoms with van der Waals surface area (Å²) in [5, 5.41) is 18.0. The Hall–Kier alpha value is -1.62. The van der Waals surface area contributed by atoms with Crippen molar-refractivity contribution in [3.8, 4) is 6.07 Å². The average molecular weight is 281 g/mol. The number of rotatable bonds is 3. The summed E-state index contributed by atoms with van der Waals surface area (Å²) in [6, 6.07) is 5.63. The zero-order valence-corrected chi connectivity index (χ0v) is 11.1. The maximum absolute atomic E-state index is 12.5. The molecular formula is C12H15N3O3S. The molecule has 7 heteroatoms. The quantitative estimate of drug-likeness (QED) is 0.774. The molecule has 0 amide bonds. The number of hydrogen-bond donors (Lipinski definition) is 2. The van der Waals surface area contributed by atoms with E-state index in [2.05, 4.69) is 0 Å². The lowest BCUT2D eigenvalue weighted by Gasteiger charge is -2.23. The highest BCUT2D eigenvalue weighted by atomic mass is 32.2. The van der Waals surface area contributed by atoms with Crippen LogP contribution >= 0.6 is 0 Å². The minimum Gasteiger partial charge on any atom is -0.398 e. The molecular weight excluding hydrogens is 266 g/mol. The van der Waals surface area contributed by atoms with Crippen LogP contribution in [0.1, 0.15) is 18.4 Å². The second kappa shape index (κ2) is 5.17. The fourth-order valence-electron chi connectivity index (χ4n) is 2.29. The van der Waals surface area contributed by atoms with E-state index in [1.165, 1.54) is 22.5 Å². The third kappa shape index (κ3) is 2.42. The molecule has 102 valence electrons. The molecule has 3 N–H and O–H groups in total. The van der Waals surface area contributed by atoms with Gasteiger partial charge in [-0.05, 0) is 31.0 Å². The van der Waals surface area contributed by atoms with Gasteiger partial charge in [-0.3, -0.25) is 0 Å². The van der Waals surface area contributed by atoms with Crippen molar-refractivity contribution in [2.24, 2.45) is 0 Å². The number of sulfonamides is 1. The highest BCUT2D eigenvalue weighted by Crippen LogP contribution is 2.29. The van der Waals surface area contributed by atoms with Gasteiger partial charge in [0.25, 0.3) is 0 Å². The van der Waals surface area contributed by atoms with E-state index in [0.29, 0.717) is 18.5 Å². The van der Waals surface area contributed by atoms with Crippen LogP contribution in [-0.2, 0) is 10.0 Å². The number of nitrogens with zero attached hydrogens (tertiary/aromatic N) is 2. The first-order chi connectivity index (χ1) is 9.00. The lowest BCUT2D eigenvalue weighted by molar-refractivity contribution is 0.213. The van der Waals surface area contributed by atoms with Crippen LogP contribution in [0.25, 0.3) is 0 Å². The second-order valence-corrected chi connectivity index (χ2v) is 6.32. The number of aliphatic hydroxyl groups is 1. The topological polar surface area (TPSA) is 107 Å². The molecule has 0 radical (unpaired) electrons. The number of nitriles is 1. The first kappa shape index (κ1) is 13.8. The van der Waals surface area contributed by atoms with E-state index in [0.717, 1.165) is 6.42 Å². The molecule has 0 bridgehead atoms. The minimum absolute atomic E-state index is 0.00755. The summed E-state index contributed by atoms with van der Waals surface area (Å²) < 4.78 is 26.2. The van der Waals surface area contributed by atoms with Crippen molar-refractivity contribution in [3.05, 3.63) is 23.8 Å². The molecule has 1 heterocycles. The monoisotopic (exact) mass is 281 g/mol. The van der Waals surface area contributed by atoms with Crippen molar-refractivity contribution < 1.29 is 13.5 Å². The summed E-state index contributed by atoms with van der Waals surface area (Å²) in [5.41, 5.74) is 6.09. The number of aliphatic hydroxyl groups excluding tert-OH is 1. The molecule has 1 atom stereocenters. The van der Waals surface area contributed by atoms with Gasteiger partial charge in [-0.2, -0.15) is 9.57 Å². The van der Waals surface area contributed by atoms with Crippen LogP contribution in [0, 0.1) is 11.3 Å². The Labute approximate surface area is 112 Å². The number of nitrogens with two attached hydrogens (primary N) is 1. The normalized spacial score (nSPS) is 20.3. The van der Waals surface area contributed by atoms with Crippen molar-refractivity contribution in [1.82, 2.24) is 4.31 Å². The molecule has 1 saturated heterocycles. The number of nitrogen functional groups attached to an aromatic ring is 1. The SMILES string of the molecule is N#Cc1ccc(S(=O)(=O)N2CCC[C@@H]2CO)c(N)c1. The Kier molecular flexibility index (Phi) is 3.75. The fraction of sp³-hybridized carbons (Fsp3) is 0.417. The van der Waals surface area contributed by atoms with Crippen LogP contribution < -0.4 is 5.73 Å². The summed E-state index contributed by atoms with van der Waals surface area (Å²) in [5.74, 6) is 0. The Morgan fingerprint density at radius 3 is 2.84 bits per heavy atom.